The van der Waals surface area contributed by atoms with Crippen LogP contribution in [0.25, 0.3) is 0 Å². The lowest BCUT2D eigenvalue weighted by atomic mass is 10.2. The largest absolute Gasteiger partial charge is 0.359 e. The molecule has 17 heavy (non-hydrogen) atoms. The van der Waals surface area contributed by atoms with E-state index >= 15 is 0 Å². The molecule has 96 valence electrons. The van der Waals surface area contributed by atoms with Gasteiger partial charge in [-0.15, -0.1) is 0 Å². The number of nitrogens with zero attached hydrogens (tertiary/aromatic N) is 3. The summed E-state index contributed by atoms with van der Waals surface area (Å²) < 4.78 is 0. The minimum absolute atomic E-state index is 0.718. The van der Waals surface area contributed by atoms with Gasteiger partial charge in [-0.3, -0.25) is 0 Å². The Hall–Kier alpha value is -1.36. The predicted molar refractivity (Wildman–Crippen MR) is 72.1 cm³/mol. The molecule has 1 aromatic heterocycles. The van der Waals surface area contributed by atoms with Gasteiger partial charge in [-0.2, -0.15) is 0 Å². The molecule has 1 aromatic rings. The third-order valence-corrected chi connectivity index (χ3v) is 2.83. The first-order valence-corrected chi connectivity index (χ1v) is 6.19. The first-order valence-electron chi connectivity index (χ1n) is 6.19. The number of nitrogens with one attached hydrogen (secondary N) is 1. The number of hydrogen-bond acceptors (Lipinski definition) is 5. The topological polar surface area (TPSA) is 67.1 Å². The average Bonchev–Trinajstić information content (AvgIpc) is 2.36. The fourth-order valence-corrected chi connectivity index (χ4v) is 1.72. The van der Waals surface area contributed by atoms with Gasteiger partial charge in [-0.25, -0.2) is 15.8 Å². The molecule has 5 heteroatoms. The van der Waals surface area contributed by atoms with E-state index in [1.165, 1.54) is 6.42 Å². The first kappa shape index (κ1) is 13.7. The second-order valence-corrected chi connectivity index (χ2v) is 4.21. The molecule has 0 radical (unpaired) electrons. The van der Waals surface area contributed by atoms with Crippen LogP contribution in [0.15, 0.2) is 0 Å². The fourth-order valence-electron chi connectivity index (χ4n) is 1.72. The second kappa shape index (κ2) is 6.39. The van der Waals surface area contributed by atoms with Crippen LogP contribution in [0.3, 0.4) is 0 Å². The minimum Gasteiger partial charge on any atom is -0.359 e. The molecule has 0 unspecified atom stereocenters. The lowest BCUT2D eigenvalue weighted by Gasteiger charge is -2.21. The first-order chi connectivity index (χ1) is 8.13. The average molecular weight is 237 g/mol. The zero-order valence-corrected chi connectivity index (χ0v) is 11.2. The van der Waals surface area contributed by atoms with E-state index in [-0.39, 0.29) is 0 Å². The zero-order valence-electron chi connectivity index (χ0n) is 11.2. The van der Waals surface area contributed by atoms with Crippen LogP contribution in [-0.4, -0.2) is 23.6 Å². The third kappa shape index (κ3) is 3.30. The van der Waals surface area contributed by atoms with Gasteiger partial charge < -0.3 is 10.3 Å². The summed E-state index contributed by atoms with van der Waals surface area (Å²) in [4.78, 5) is 11.1. The van der Waals surface area contributed by atoms with E-state index in [9.17, 15) is 0 Å². The number of anilines is 2. The molecule has 1 heterocycles. The molecular formula is C12H23N5. The van der Waals surface area contributed by atoms with Crippen LogP contribution < -0.4 is 16.2 Å². The Morgan fingerprint density at radius 2 is 2.00 bits per heavy atom. The van der Waals surface area contributed by atoms with Gasteiger partial charge >= 0.3 is 0 Å². The lowest BCUT2D eigenvalue weighted by Crippen LogP contribution is -2.23. The van der Waals surface area contributed by atoms with Crippen molar-refractivity contribution in [3.05, 3.63) is 11.4 Å². The van der Waals surface area contributed by atoms with Gasteiger partial charge in [0, 0.05) is 25.6 Å². The maximum absolute atomic E-state index is 5.48. The van der Waals surface area contributed by atoms with Gasteiger partial charge in [-0.1, -0.05) is 20.3 Å². The summed E-state index contributed by atoms with van der Waals surface area (Å²) >= 11 is 0. The highest BCUT2D eigenvalue weighted by Gasteiger charge is 2.12. The summed E-state index contributed by atoms with van der Waals surface area (Å²) in [7, 11) is 2.06. The summed E-state index contributed by atoms with van der Waals surface area (Å²) in [5.74, 6) is 7.99. The molecule has 0 fully saturated rings. The van der Waals surface area contributed by atoms with Crippen molar-refractivity contribution in [1.29, 1.82) is 0 Å². The van der Waals surface area contributed by atoms with Crippen molar-refractivity contribution >= 4 is 11.6 Å². The van der Waals surface area contributed by atoms with Crippen molar-refractivity contribution < 1.29 is 0 Å². The summed E-state index contributed by atoms with van der Waals surface area (Å²) in [5.41, 5.74) is 3.65. The standard InChI is InChI=1S/C12H23N5/c1-5-7-8-17(4)12-9(3)11(16-13)14-10(6-2)15-12/h5-8,13H2,1-4H3,(H,14,15,16). The zero-order chi connectivity index (χ0) is 12.8. The predicted octanol–water partition coefficient (Wildman–Crippen LogP) is 1.87. The van der Waals surface area contributed by atoms with E-state index in [1.807, 2.05) is 13.8 Å². The smallest absolute Gasteiger partial charge is 0.148 e. The normalized spacial score (nSPS) is 10.4. The second-order valence-electron chi connectivity index (χ2n) is 4.21. The Bertz CT molecular complexity index is 364. The van der Waals surface area contributed by atoms with E-state index in [0.717, 1.165) is 42.4 Å². The molecule has 0 spiro atoms. The number of unbranched alkanes of at least 4 members (excludes halogenated alkanes) is 1. The number of nitrogen functional groups attached to an aromatic ring is 1. The van der Waals surface area contributed by atoms with Crippen LogP contribution in [-0.2, 0) is 6.42 Å². The van der Waals surface area contributed by atoms with Crippen molar-refractivity contribution in [2.75, 3.05) is 23.9 Å². The highest BCUT2D eigenvalue weighted by atomic mass is 15.3. The van der Waals surface area contributed by atoms with Crippen LogP contribution in [0.5, 0.6) is 0 Å². The number of hydrogen-bond donors (Lipinski definition) is 2. The van der Waals surface area contributed by atoms with E-state index in [2.05, 4.69) is 34.3 Å². The molecule has 0 atom stereocenters. The van der Waals surface area contributed by atoms with Crippen molar-refractivity contribution in [2.45, 2.75) is 40.0 Å². The molecule has 0 saturated heterocycles. The third-order valence-electron chi connectivity index (χ3n) is 2.83. The van der Waals surface area contributed by atoms with Crippen LogP contribution >= 0.6 is 0 Å². The molecule has 0 aromatic carbocycles. The number of hydrazine groups is 1. The maximum Gasteiger partial charge on any atom is 0.148 e. The van der Waals surface area contributed by atoms with Crippen LogP contribution in [0, 0.1) is 6.92 Å². The number of aryl methyl sites for hydroxylation is 1. The van der Waals surface area contributed by atoms with Gasteiger partial charge in [0.05, 0.1) is 0 Å². The molecule has 0 aliphatic rings. The number of aromatic nitrogens is 2. The molecule has 5 nitrogen and oxygen atoms in total. The molecule has 0 aliphatic heterocycles. The maximum atomic E-state index is 5.48. The Morgan fingerprint density at radius 3 is 2.53 bits per heavy atom. The van der Waals surface area contributed by atoms with Gasteiger partial charge in [0.15, 0.2) is 0 Å². The van der Waals surface area contributed by atoms with E-state index in [4.69, 9.17) is 5.84 Å². The molecule has 0 aliphatic carbocycles. The highest BCUT2D eigenvalue weighted by Crippen LogP contribution is 2.22. The molecule has 0 saturated carbocycles. The molecule has 1 rings (SSSR count). The van der Waals surface area contributed by atoms with E-state index < -0.39 is 0 Å². The quantitative estimate of drug-likeness (QED) is 0.584. The number of rotatable bonds is 6. The Morgan fingerprint density at radius 1 is 1.29 bits per heavy atom. The van der Waals surface area contributed by atoms with Crippen molar-refractivity contribution in [3.63, 3.8) is 0 Å². The SMILES string of the molecule is CCCCN(C)c1nc(CC)nc(NN)c1C. The van der Waals surface area contributed by atoms with Crippen molar-refractivity contribution in [1.82, 2.24) is 9.97 Å². The highest BCUT2D eigenvalue weighted by molar-refractivity contribution is 5.57. The molecular weight excluding hydrogens is 214 g/mol. The van der Waals surface area contributed by atoms with E-state index in [0.29, 0.717) is 0 Å². The van der Waals surface area contributed by atoms with Crippen molar-refractivity contribution in [2.24, 2.45) is 5.84 Å². The Kier molecular flexibility index (Phi) is 5.15. The monoisotopic (exact) mass is 237 g/mol. The number of nitrogens with two attached hydrogens (primary N) is 1. The molecule has 3 N–H and O–H groups in total. The molecule has 0 bridgehead atoms. The van der Waals surface area contributed by atoms with Gasteiger partial charge in [0.1, 0.15) is 17.5 Å². The van der Waals surface area contributed by atoms with Crippen LogP contribution in [0.2, 0.25) is 0 Å². The van der Waals surface area contributed by atoms with Crippen LogP contribution in [0.1, 0.15) is 38.1 Å². The summed E-state index contributed by atoms with van der Waals surface area (Å²) in [5, 5.41) is 0. The van der Waals surface area contributed by atoms with Gasteiger partial charge in [0.25, 0.3) is 0 Å². The fraction of sp³-hybridized carbons (Fsp3) is 0.667. The Balaban J connectivity index is 3.03. The summed E-state index contributed by atoms with van der Waals surface area (Å²) in [6.45, 7) is 7.22. The van der Waals surface area contributed by atoms with Gasteiger partial charge in [0.2, 0.25) is 0 Å². The molecule has 0 amide bonds. The van der Waals surface area contributed by atoms with Gasteiger partial charge in [-0.05, 0) is 13.3 Å². The van der Waals surface area contributed by atoms with Crippen molar-refractivity contribution in [3.8, 4) is 0 Å². The lowest BCUT2D eigenvalue weighted by molar-refractivity contribution is 0.751. The van der Waals surface area contributed by atoms with E-state index in [1.54, 1.807) is 0 Å². The summed E-state index contributed by atoms with van der Waals surface area (Å²) in [6.07, 6.45) is 3.15. The minimum atomic E-state index is 0.718. The Labute approximate surface area is 103 Å². The summed E-state index contributed by atoms with van der Waals surface area (Å²) in [6, 6.07) is 0. The van der Waals surface area contributed by atoms with Crippen LogP contribution in [0.4, 0.5) is 11.6 Å².